The van der Waals surface area contributed by atoms with Gasteiger partial charge in [0.05, 0.1) is 5.54 Å². The number of nitrogens with zero attached hydrogens (tertiary/aromatic N) is 4. The molecule has 1 atom stereocenters. The summed E-state index contributed by atoms with van der Waals surface area (Å²) in [4.78, 5) is 0.951. The number of aromatic nitrogens is 4. The highest BCUT2D eigenvalue weighted by Crippen LogP contribution is 2.36. The van der Waals surface area contributed by atoms with E-state index >= 15 is 0 Å². The van der Waals surface area contributed by atoms with Crippen molar-refractivity contribution in [1.82, 2.24) is 25.1 Å². The molecule has 6 heteroatoms. The van der Waals surface area contributed by atoms with Gasteiger partial charge in [-0.25, -0.2) is 0 Å². The average molecular weight is 277 g/mol. The molecule has 1 unspecified atom stereocenters. The van der Waals surface area contributed by atoms with Crippen molar-refractivity contribution in [1.29, 1.82) is 0 Å². The van der Waals surface area contributed by atoms with E-state index in [1.165, 1.54) is 32.1 Å². The van der Waals surface area contributed by atoms with Gasteiger partial charge < -0.3 is 5.32 Å². The molecule has 0 spiro atoms. The van der Waals surface area contributed by atoms with Gasteiger partial charge in [-0.05, 0) is 39.2 Å². The lowest BCUT2D eigenvalue weighted by Gasteiger charge is -2.20. The summed E-state index contributed by atoms with van der Waals surface area (Å²) in [5.41, 5.74) is 0.0400. The van der Waals surface area contributed by atoms with E-state index in [9.17, 15) is 0 Å². The molecular formula is C13H19N5S. The smallest absolute Gasteiger partial charge is 0.234 e. The molecule has 2 fully saturated rings. The maximum atomic E-state index is 4.82. The predicted molar refractivity (Wildman–Crippen MR) is 74.5 cm³/mol. The van der Waals surface area contributed by atoms with E-state index in [1.54, 1.807) is 11.3 Å². The summed E-state index contributed by atoms with van der Waals surface area (Å²) in [6.45, 7) is 3.34. The topological polar surface area (TPSA) is 55.1 Å². The molecule has 102 valence electrons. The van der Waals surface area contributed by atoms with Crippen LogP contribution < -0.4 is 5.32 Å². The first-order valence-corrected chi connectivity index (χ1v) is 8.06. The van der Waals surface area contributed by atoms with Gasteiger partial charge in [-0.3, -0.25) is 0 Å². The Hall–Kier alpha value is -1.01. The fraction of sp³-hybridized carbons (Fsp3) is 0.769. The maximum absolute atomic E-state index is 4.82. The lowest BCUT2D eigenvalue weighted by Crippen LogP contribution is -2.33. The maximum Gasteiger partial charge on any atom is 0.234 e. The van der Waals surface area contributed by atoms with Crippen molar-refractivity contribution in [2.45, 2.75) is 56.9 Å². The summed E-state index contributed by atoms with van der Waals surface area (Å²) >= 11 is 1.69. The van der Waals surface area contributed by atoms with Crippen molar-refractivity contribution in [3.05, 3.63) is 10.8 Å². The van der Waals surface area contributed by atoms with Gasteiger partial charge in [0.15, 0.2) is 5.82 Å². The molecule has 2 aliphatic rings. The van der Waals surface area contributed by atoms with Gasteiger partial charge >= 0.3 is 0 Å². The van der Waals surface area contributed by atoms with Crippen molar-refractivity contribution in [2.24, 2.45) is 0 Å². The van der Waals surface area contributed by atoms with Crippen LogP contribution in [-0.4, -0.2) is 26.4 Å². The van der Waals surface area contributed by atoms with E-state index in [4.69, 9.17) is 5.10 Å². The van der Waals surface area contributed by atoms with Crippen LogP contribution in [0.15, 0.2) is 0 Å². The van der Waals surface area contributed by atoms with Crippen molar-refractivity contribution < 1.29 is 0 Å². The molecule has 19 heavy (non-hydrogen) atoms. The first-order valence-electron chi connectivity index (χ1n) is 7.24. The minimum absolute atomic E-state index is 0.0400. The Morgan fingerprint density at radius 3 is 2.84 bits per heavy atom. The first-order chi connectivity index (χ1) is 9.26. The third-order valence-electron chi connectivity index (χ3n) is 4.58. The SMILES string of the molecule is CC1(c2nn3c(C4CCCC4)nnc3s2)CCCN1. The molecule has 1 saturated carbocycles. The fourth-order valence-electron chi connectivity index (χ4n) is 3.37. The van der Waals surface area contributed by atoms with Gasteiger partial charge in [0.2, 0.25) is 4.96 Å². The zero-order chi connectivity index (χ0) is 12.9. The third-order valence-corrected chi connectivity index (χ3v) is 5.74. The molecule has 1 N–H and O–H groups in total. The van der Waals surface area contributed by atoms with Crippen LogP contribution in [0, 0.1) is 0 Å². The van der Waals surface area contributed by atoms with Crippen LogP contribution in [0.4, 0.5) is 0 Å². The lowest BCUT2D eigenvalue weighted by atomic mass is 10.0. The standard InChI is InChI=1S/C13H19N5S/c1-13(7-4-8-14-13)11-17-18-10(9-5-2-3-6-9)15-16-12(18)19-11/h9,14H,2-8H2,1H3. The number of nitrogens with one attached hydrogen (secondary N) is 1. The second-order valence-corrected chi connectivity index (χ2v) is 6.96. The number of rotatable bonds is 2. The molecule has 0 bridgehead atoms. The lowest BCUT2D eigenvalue weighted by molar-refractivity contribution is 0.426. The third kappa shape index (κ3) is 1.80. The van der Waals surface area contributed by atoms with E-state index in [1.807, 2.05) is 4.52 Å². The van der Waals surface area contributed by atoms with Gasteiger partial charge in [0.1, 0.15) is 5.01 Å². The van der Waals surface area contributed by atoms with Crippen LogP contribution in [0.2, 0.25) is 0 Å². The Bertz CT molecular complexity index is 589. The Morgan fingerprint density at radius 1 is 1.26 bits per heavy atom. The van der Waals surface area contributed by atoms with Gasteiger partial charge in [-0.1, -0.05) is 24.2 Å². The first kappa shape index (κ1) is 11.8. The van der Waals surface area contributed by atoms with Gasteiger partial charge in [0, 0.05) is 5.92 Å². The van der Waals surface area contributed by atoms with Crippen molar-refractivity contribution in [2.75, 3.05) is 6.54 Å². The molecule has 0 aromatic carbocycles. The van der Waals surface area contributed by atoms with Crippen LogP contribution >= 0.6 is 11.3 Å². The molecule has 2 aromatic rings. The molecule has 5 nitrogen and oxygen atoms in total. The molecule has 1 saturated heterocycles. The molecule has 1 aliphatic carbocycles. The van der Waals surface area contributed by atoms with Gasteiger partial charge in [-0.2, -0.15) is 9.61 Å². The Morgan fingerprint density at radius 2 is 2.11 bits per heavy atom. The largest absolute Gasteiger partial charge is 0.306 e. The zero-order valence-electron chi connectivity index (χ0n) is 11.2. The summed E-state index contributed by atoms with van der Waals surface area (Å²) in [7, 11) is 0. The molecular weight excluding hydrogens is 258 g/mol. The highest BCUT2D eigenvalue weighted by Gasteiger charge is 2.35. The van der Waals surface area contributed by atoms with Gasteiger partial charge in [-0.15, -0.1) is 10.2 Å². The zero-order valence-corrected chi connectivity index (χ0v) is 12.0. The summed E-state index contributed by atoms with van der Waals surface area (Å²) in [5, 5.41) is 18.3. The summed E-state index contributed by atoms with van der Waals surface area (Å²) in [6.07, 6.45) is 7.50. The predicted octanol–water partition coefficient (Wildman–Crippen LogP) is 2.44. The van der Waals surface area contributed by atoms with Crippen LogP contribution in [0.3, 0.4) is 0 Å². The summed E-state index contributed by atoms with van der Waals surface area (Å²) in [6, 6.07) is 0. The van der Waals surface area contributed by atoms with Crippen LogP contribution in [0.25, 0.3) is 4.96 Å². The summed E-state index contributed by atoms with van der Waals surface area (Å²) in [5.74, 6) is 1.64. The van der Waals surface area contributed by atoms with Crippen molar-refractivity contribution in [3.8, 4) is 0 Å². The number of hydrogen-bond donors (Lipinski definition) is 1. The number of hydrogen-bond acceptors (Lipinski definition) is 5. The van der Waals surface area contributed by atoms with Crippen LogP contribution in [0.1, 0.15) is 62.2 Å². The molecule has 2 aromatic heterocycles. The fourth-order valence-corrected chi connectivity index (χ4v) is 4.37. The van der Waals surface area contributed by atoms with Crippen molar-refractivity contribution in [3.63, 3.8) is 0 Å². The molecule has 1 aliphatic heterocycles. The van der Waals surface area contributed by atoms with E-state index in [0.717, 1.165) is 28.8 Å². The Kier molecular flexibility index (Phi) is 2.63. The van der Waals surface area contributed by atoms with E-state index < -0.39 is 0 Å². The Labute approximate surface area is 116 Å². The van der Waals surface area contributed by atoms with E-state index in [-0.39, 0.29) is 5.54 Å². The Balaban J connectivity index is 1.75. The molecule has 0 radical (unpaired) electrons. The van der Waals surface area contributed by atoms with Gasteiger partial charge in [0.25, 0.3) is 0 Å². The second kappa shape index (κ2) is 4.24. The van der Waals surface area contributed by atoms with Crippen molar-refractivity contribution >= 4 is 16.3 Å². The quantitative estimate of drug-likeness (QED) is 0.916. The minimum Gasteiger partial charge on any atom is -0.306 e. The minimum atomic E-state index is 0.0400. The van der Waals surface area contributed by atoms with E-state index in [2.05, 4.69) is 22.4 Å². The normalized spacial score (nSPS) is 28.7. The second-order valence-electron chi connectivity index (χ2n) is 6.00. The average Bonchev–Trinajstić information content (AvgIpc) is 3.12. The van der Waals surface area contributed by atoms with Crippen LogP contribution in [-0.2, 0) is 5.54 Å². The monoisotopic (exact) mass is 277 g/mol. The van der Waals surface area contributed by atoms with Crippen LogP contribution in [0.5, 0.6) is 0 Å². The summed E-state index contributed by atoms with van der Waals surface area (Å²) < 4.78 is 2.00. The molecule has 3 heterocycles. The van der Waals surface area contributed by atoms with E-state index in [0.29, 0.717) is 5.92 Å². The molecule has 0 amide bonds. The number of fused-ring (bicyclic) bond motifs is 1. The highest BCUT2D eigenvalue weighted by atomic mass is 32.1. The highest BCUT2D eigenvalue weighted by molar-refractivity contribution is 7.16. The molecule has 4 rings (SSSR count).